The molecule has 0 saturated carbocycles. The average molecular weight is 258 g/mol. The first-order valence-electron chi connectivity index (χ1n) is 6.55. The zero-order chi connectivity index (χ0) is 13.5. The van der Waals surface area contributed by atoms with E-state index in [0.717, 1.165) is 31.5 Å². The van der Waals surface area contributed by atoms with Crippen molar-refractivity contribution in [2.45, 2.75) is 19.3 Å². The molecule has 0 unspecified atom stereocenters. The SMILES string of the molecule is O=C(NN1CCCCC1)c1ccc(C#CCO)cc1. The van der Waals surface area contributed by atoms with Gasteiger partial charge in [0.1, 0.15) is 6.61 Å². The Morgan fingerprint density at radius 2 is 1.89 bits per heavy atom. The maximum atomic E-state index is 12.0. The first kappa shape index (κ1) is 13.6. The van der Waals surface area contributed by atoms with Crippen molar-refractivity contribution in [3.8, 4) is 11.8 Å². The average Bonchev–Trinajstić information content (AvgIpc) is 2.46. The minimum Gasteiger partial charge on any atom is -0.384 e. The molecule has 1 aromatic rings. The van der Waals surface area contributed by atoms with Crippen LogP contribution in [0.5, 0.6) is 0 Å². The van der Waals surface area contributed by atoms with Gasteiger partial charge in [0.25, 0.3) is 5.91 Å². The highest BCUT2D eigenvalue weighted by molar-refractivity contribution is 5.93. The van der Waals surface area contributed by atoms with Crippen LogP contribution in [0.25, 0.3) is 0 Å². The summed E-state index contributed by atoms with van der Waals surface area (Å²) in [7, 11) is 0. The molecule has 0 atom stereocenters. The monoisotopic (exact) mass is 258 g/mol. The van der Waals surface area contributed by atoms with E-state index in [1.54, 1.807) is 24.3 Å². The lowest BCUT2D eigenvalue weighted by Crippen LogP contribution is -2.45. The fourth-order valence-electron chi connectivity index (χ4n) is 2.06. The number of piperidine rings is 1. The van der Waals surface area contributed by atoms with E-state index < -0.39 is 0 Å². The molecule has 1 aliphatic heterocycles. The second-order valence-electron chi connectivity index (χ2n) is 4.53. The van der Waals surface area contributed by atoms with Crippen molar-refractivity contribution >= 4 is 5.91 Å². The lowest BCUT2D eigenvalue weighted by molar-refractivity contribution is 0.0750. The van der Waals surface area contributed by atoms with Crippen LogP contribution < -0.4 is 5.43 Å². The minimum atomic E-state index is -0.156. The molecule has 19 heavy (non-hydrogen) atoms. The molecule has 1 amide bonds. The Kier molecular flexibility index (Phi) is 4.96. The van der Waals surface area contributed by atoms with Crippen LogP contribution >= 0.6 is 0 Å². The van der Waals surface area contributed by atoms with Crippen molar-refractivity contribution in [1.29, 1.82) is 0 Å². The summed E-state index contributed by atoms with van der Waals surface area (Å²) in [6, 6.07) is 7.07. The predicted octanol–water partition coefficient (Wildman–Crippen LogP) is 1.16. The zero-order valence-electron chi connectivity index (χ0n) is 10.9. The molecule has 2 N–H and O–H groups in total. The van der Waals surface area contributed by atoms with Crippen LogP contribution in [-0.2, 0) is 0 Å². The Balaban J connectivity index is 1.95. The Morgan fingerprint density at radius 3 is 2.53 bits per heavy atom. The summed E-state index contributed by atoms with van der Waals surface area (Å²) in [4.78, 5) is 12.0. The molecule has 1 fully saturated rings. The third kappa shape index (κ3) is 4.09. The summed E-state index contributed by atoms with van der Waals surface area (Å²) in [5, 5.41) is 10.6. The van der Waals surface area contributed by atoms with Crippen LogP contribution in [0, 0.1) is 11.8 Å². The highest BCUT2D eigenvalue weighted by Crippen LogP contribution is 2.08. The number of carbonyl (C=O) groups excluding carboxylic acids is 1. The van der Waals surface area contributed by atoms with E-state index in [9.17, 15) is 4.79 Å². The summed E-state index contributed by atoms with van der Waals surface area (Å²) >= 11 is 0. The van der Waals surface area contributed by atoms with Crippen LogP contribution in [0.2, 0.25) is 0 Å². The standard InChI is InChI=1S/C15H18N2O2/c18-12-4-5-13-6-8-14(9-7-13)15(19)16-17-10-2-1-3-11-17/h6-9,18H,1-3,10-12H2,(H,16,19). The maximum Gasteiger partial charge on any atom is 0.265 e. The van der Waals surface area contributed by atoms with E-state index in [2.05, 4.69) is 17.3 Å². The molecule has 0 aliphatic carbocycles. The van der Waals surface area contributed by atoms with E-state index in [4.69, 9.17) is 5.11 Å². The van der Waals surface area contributed by atoms with E-state index in [-0.39, 0.29) is 12.5 Å². The summed E-state index contributed by atoms with van der Waals surface area (Å²) in [5.41, 5.74) is 4.34. The van der Waals surface area contributed by atoms with Gasteiger partial charge in [0.05, 0.1) is 0 Å². The molecule has 4 nitrogen and oxygen atoms in total. The quantitative estimate of drug-likeness (QED) is 0.783. The number of nitrogens with zero attached hydrogens (tertiary/aromatic N) is 1. The second-order valence-corrected chi connectivity index (χ2v) is 4.53. The Bertz CT molecular complexity index is 479. The molecule has 4 heteroatoms. The fraction of sp³-hybridized carbons (Fsp3) is 0.400. The van der Waals surface area contributed by atoms with E-state index in [0.29, 0.717) is 5.56 Å². The molecule has 0 spiro atoms. The Labute approximate surface area is 113 Å². The molecule has 0 bridgehead atoms. The van der Waals surface area contributed by atoms with E-state index >= 15 is 0 Å². The van der Waals surface area contributed by atoms with Gasteiger partial charge in [0.2, 0.25) is 0 Å². The van der Waals surface area contributed by atoms with Gasteiger partial charge in [-0.1, -0.05) is 18.3 Å². The van der Waals surface area contributed by atoms with Crippen LogP contribution in [0.1, 0.15) is 35.2 Å². The Hall–Kier alpha value is -1.83. The van der Waals surface area contributed by atoms with Crippen molar-refractivity contribution in [3.63, 3.8) is 0 Å². The number of aliphatic hydroxyl groups excluding tert-OH is 1. The first-order chi connectivity index (χ1) is 9.29. The number of amides is 1. The number of rotatable bonds is 2. The molecule has 1 heterocycles. The van der Waals surface area contributed by atoms with Crippen molar-refractivity contribution in [2.24, 2.45) is 0 Å². The third-order valence-corrected chi connectivity index (χ3v) is 3.07. The molecule has 0 radical (unpaired) electrons. The van der Waals surface area contributed by atoms with E-state index in [1.165, 1.54) is 6.42 Å². The fourth-order valence-corrected chi connectivity index (χ4v) is 2.06. The normalized spacial score (nSPS) is 15.4. The van der Waals surface area contributed by atoms with Crippen LogP contribution in [0.3, 0.4) is 0 Å². The van der Waals surface area contributed by atoms with Gasteiger partial charge < -0.3 is 5.11 Å². The minimum absolute atomic E-state index is 0.0800. The number of hydrogen-bond acceptors (Lipinski definition) is 3. The molecule has 1 aromatic carbocycles. The van der Waals surface area contributed by atoms with Crippen LogP contribution in [0.15, 0.2) is 24.3 Å². The summed E-state index contributed by atoms with van der Waals surface area (Å²) in [6.45, 7) is 1.69. The maximum absolute atomic E-state index is 12.0. The smallest absolute Gasteiger partial charge is 0.265 e. The van der Waals surface area contributed by atoms with Gasteiger partial charge in [-0.15, -0.1) is 0 Å². The summed E-state index contributed by atoms with van der Waals surface area (Å²) in [6.07, 6.45) is 3.51. The number of hydrogen-bond donors (Lipinski definition) is 2. The van der Waals surface area contributed by atoms with Crippen LogP contribution in [0.4, 0.5) is 0 Å². The van der Waals surface area contributed by atoms with Crippen molar-refractivity contribution < 1.29 is 9.90 Å². The van der Waals surface area contributed by atoms with Crippen LogP contribution in [-0.4, -0.2) is 35.7 Å². The van der Waals surface area contributed by atoms with Gasteiger partial charge in [-0.2, -0.15) is 0 Å². The van der Waals surface area contributed by atoms with Gasteiger partial charge in [0, 0.05) is 24.2 Å². The van der Waals surface area contributed by atoms with Crippen molar-refractivity contribution in [1.82, 2.24) is 10.4 Å². The Morgan fingerprint density at radius 1 is 1.21 bits per heavy atom. The number of nitrogens with one attached hydrogen (secondary N) is 1. The first-order valence-corrected chi connectivity index (χ1v) is 6.55. The van der Waals surface area contributed by atoms with Gasteiger partial charge in [0.15, 0.2) is 0 Å². The zero-order valence-corrected chi connectivity index (χ0v) is 10.9. The predicted molar refractivity (Wildman–Crippen MR) is 73.3 cm³/mol. The van der Waals surface area contributed by atoms with Gasteiger partial charge in [-0.05, 0) is 37.1 Å². The van der Waals surface area contributed by atoms with Gasteiger partial charge >= 0.3 is 0 Å². The number of aliphatic hydroxyl groups is 1. The summed E-state index contributed by atoms with van der Waals surface area (Å²) in [5.74, 6) is 5.30. The van der Waals surface area contributed by atoms with Crippen molar-refractivity contribution in [3.05, 3.63) is 35.4 Å². The van der Waals surface area contributed by atoms with Crippen molar-refractivity contribution in [2.75, 3.05) is 19.7 Å². The second kappa shape index (κ2) is 6.93. The number of hydrazine groups is 1. The van der Waals surface area contributed by atoms with Gasteiger partial charge in [-0.3, -0.25) is 10.2 Å². The molecule has 100 valence electrons. The van der Waals surface area contributed by atoms with E-state index in [1.807, 2.05) is 5.01 Å². The highest BCUT2D eigenvalue weighted by Gasteiger charge is 2.13. The molecular weight excluding hydrogens is 240 g/mol. The number of carbonyl (C=O) groups is 1. The molecule has 0 aromatic heterocycles. The lowest BCUT2D eigenvalue weighted by Gasteiger charge is -2.26. The largest absolute Gasteiger partial charge is 0.384 e. The topological polar surface area (TPSA) is 52.6 Å². The lowest BCUT2D eigenvalue weighted by atomic mass is 10.1. The number of benzene rings is 1. The molecule has 2 rings (SSSR count). The van der Waals surface area contributed by atoms with Gasteiger partial charge in [-0.25, -0.2) is 5.01 Å². The summed E-state index contributed by atoms with van der Waals surface area (Å²) < 4.78 is 0. The third-order valence-electron chi connectivity index (χ3n) is 3.07. The molecule has 1 saturated heterocycles. The molecular formula is C15H18N2O2. The highest BCUT2D eigenvalue weighted by atomic mass is 16.2. The molecule has 1 aliphatic rings.